The van der Waals surface area contributed by atoms with Gasteiger partial charge in [-0.3, -0.25) is 9.20 Å². The van der Waals surface area contributed by atoms with Gasteiger partial charge in [0, 0.05) is 29.3 Å². The molecule has 0 saturated heterocycles. The summed E-state index contributed by atoms with van der Waals surface area (Å²) in [7, 11) is 1.59. The molecular formula is C20H20N4O2. The van der Waals surface area contributed by atoms with E-state index in [-0.39, 0.29) is 5.56 Å². The molecule has 0 unspecified atom stereocenters. The monoisotopic (exact) mass is 348 g/mol. The number of methoxy groups -OCH3 is 1. The molecule has 0 spiro atoms. The van der Waals surface area contributed by atoms with Crippen LogP contribution in [0.4, 0.5) is 0 Å². The Morgan fingerprint density at radius 2 is 1.96 bits per heavy atom. The highest BCUT2D eigenvalue weighted by atomic mass is 16.5. The van der Waals surface area contributed by atoms with Gasteiger partial charge in [0.2, 0.25) is 5.56 Å². The molecule has 4 aromatic rings. The number of aromatic amines is 1. The number of H-pyrrole nitrogens is 1. The lowest BCUT2D eigenvalue weighted by molar-refractivity contribution is 0.419. The van der Waals surface area contributed by atoms with Gasteiger partial charge >= 0.3 is 0 Å². The lowest BCUT2D eigenvalue weighted by Gasteiger charge is -2.11. The Morgan fingerprint density at radius 3 is 2.69 bits per heavy atom. The predicted octanol–water partition coefficient (Wildman–Crippen LogP) is 2.93. The molecule has 0 saturated carbocycles. The number of nitrogens with one attached hydrogen (secondary N) is 1. The van der Waals surface area contributed by atoms with Crippen molar-refractivity contribution in [1.29, 1.82) is 0 Å². The van der Waals surface area contributed by atoms with E-state index in [4.69, 9.17) is 15.5 Å². The van der Waals surface area contributed by atoms with Crippen LogP contribution in [0.5, 0.6) is 5.75 Å². The van der Waals surface area contributed by atoms with Gasteiger partial charge in [0.05, 0.1) is 24.0 Å². The van der Waals surface area contributed by atoms with Crippen LogP contribution in [0.1, 0.15) is 17.0 Å². The van der Waals surface area contributed by atoms with Crippen molar-refractivity contribution < 1.29 is 4.74 Å². The van der Waals surface area contributed by atoms with Crippen molar-refractivity contribution in [3.8, 4) is 17.0 Å². The molecule has 0 amide bonds. The molecule has 6 heteroatoms. The van der Waals surface area contributed by atoms with Gasteiger partial charge in [0.15, 0.2) is 0 Å². The number of ether oxygens (including phenoxy) is 1. The highest BCUT2D eigenvalue weighted by Crippen LogP contribution is 2.34. The number of aromatic nitrogens is 3. The summed E-state index contributed by atoms with van der Waals surface area (Å²) in [6.07, 6.45) is 0. The molecule has 132 valence electrons. The molecule has 3 heterocycles. The van der Waals surface area contributed by atoms with E-state index in [1.807, 2.05) is 18.2 Å². The van der Waals surface area contributed by atoms with Gasteiger partial charge in [-0.05, 0) is 43.7 Å². The summed E-state index contributed by atoms with van der Waals surface area (Å²) in [5.74, 6) is 0.617. The minimum atomic E-state index is -0.173. The molecular weight excluding hydrogens is 328 g/mol. The normalized spacial score (nSPS) is 11.4. The fourth-order valence-electron chi connectivity index (χ4n) is 3.46. The summed E-state index contributed by atoms with van der Waals surface area (Å²) in [5.41, 5.74) is 12.4. The van der Waals surface area contributed by atoms with Gasteiger partial charge in [-0.25, -0.2) is 4.98 Å². The second kappa shape index (κ2) is 6.00. The summed E-state index contributed by atoms with van der Waals surface area (Å²) >= 11 is 0. The topological polar surface area (TPSA) is 85.4 Å². The van der Waals surface area contributed by atoms with Gasteiger partial charge in [0.1, 0.15) is 11.4 Å². The van der Waals surface area contributed by atoms with E-state index >= 15 is 0 Å². The average molecular weight is 348 g/mol. The maximum Gasteiger partial charge on any atom is 0.248 e. The SMILES string of the molecule is COc1ccc(-c2nc3ccc(C)c(C)n3c2CN)c2ccc(=O)[nH]c12. The van der Waals surface area contributed by atoms with Gasteiger partial charge in [0.25, 0.3) is 0 Å². The maximum atomic E-state index is 11.8. The number of nitrogens with two attached hydrogens (primary N) is 1. The zero-order valence-corrected chi connectivity index (χ0v) is 15.0. The van der Waals surface area contributed by atoms with Crippen LogP contribution in [-0.4, -0.2) is 21.5 Å². The Bertz CT molecular complexity index is 1200. The van der Waals surface area contributed by atoms with E-state index < -0.39 is 0 Å². The second-order valence-corrected chi connectivity index (χ2v) is 6.33. The number of benzene rings is 1. The Hall–Kier alpha value is -3.12. The van der Waals surface area contributed by atoms with Crippen LogP contribution in [-0.2, 0) is 6.54 Å². The van der Waals surface area contributed by atoms with Gasteiger partial charge < -0.3 is 15.5 Å². The number of hydrogen-bond donors (Lipinski definition) is 2. The molecule has 0 aliphatic heterocycles. The van der Waals surface area contributed by atoms with Gasteiger partial charge in [-0.1, -0.05) is 6.07 Å². The number of fused-ring (bicyclic) bond motifs is 2. The Kier molecular flexibility index (Phi) is 3.77. The number of hydrogen-bond acceptors (Lipinski definition) is 4. The van der Waals surface area contributed by atoms with Crippen molar-refractivity contribution in [1.82, 2.24) is 14.4 Å². The summed E-state index contributed by atoms with van der Waals surface area (Å²) in [5, 5.41) is 0.872. The molecule has 6 nitrogen and oxygen atoms in total. The number of imidazole rings is 1. The smallest absolute Gasteiger partial charge is 0.248 e. The van der Waals surface area contributed by atoms with Crippen molar-refractivity contribution in [3.63, 3.8) is 0 Å². The van der Waals surface area contributed by atoms with Crippen molar-refractivity contribution in [2.75, 3.05) is 7.11 Å². The van der Waals surface area contributed by atoms with Gasteiger partial charge in [-0.15, -0.1) is 0 Å². The van der Waals surface area contributed by atoms with Crippen LogP contribution in [0.25, 0.3) is 27.8 Å². The Labute approximate surface area is 150 Å². The lowest BCUT2D eigenvalue weighted by atomic mass is 10.0. The quantitative estimate of drug-likeness (QED) is 0.596. The second-order valence-electron chi connectivity index (χ2n) is 6.33. The molecule has 3 aromatic heterocycles. The maximum absolute atomic E-state index is 11.8. The first-order chi connectivity index (χ1) is 12.5. The van der Waals surface area contributed by atoms with Crippen LogP contribution in [0, 0.1) is 13.8 Å². The van der Waals surface area contributed by atoms with E-state index in [1.54, 1.807) is 13.2 Å². The molecule has 26 heavy (non-hydrogen) atoms. The van der Waals surface area contributed by atoms with Crippen LogP contribution in [0.15, 0.2) is 41.2 Å². The molecule has 0 aliphatic rings. The molecule has 3 N–H and O–H groups in total. The summed E-state index contributed by atoms with van der Waals surface area (Å²) in [4.78, 5) is 19.5. The summed E-state index contributed by atoms with van der Waals surface area (Å²) < 4.78 is 7.51. The van der Waals surface area contributed by atoms with Crippen molar-refractivity contribution in [2.24, 2.45) is 5.73 Å². The van der Waals surface area contributed by atoms with Crippen LogP contribution in [0.3, 0.4) is 0 Å². The van der Waals surface area contributed by atoms with Crippen LogP contribution < -0.4 is 16.0 Å². The molecule has 0 atom stereocenters. The van der Waals surface area contributed by atoms with E-state index in [9.17, 15) is 4.79 Å². The number of pyridine rings is 2. The average Bonchev–Trinajstić information content (AvgIpc) is 3.02. The minimum absolute atomic E-state index is 0.173. The molecule has 4 rings (SSSR count). The van der Waals surface area contributed by atoms with Gasteiger partial charge in [-0.2, -0.15) is 0 Å². The highest BCUT2D eigenvalue weighted by Gasteiger charge is 2.18. The first-order valence-corrected chi connectivity index (χ1v) is 8.43. The zero-order chi connectivity index (χ0) is 18.4. The zero-order valence-electron chi connectivity index (χ0n) is 15.0. The third-order valence-electron chi connectivity index (χ3n) is 4.91. The molecule has 0 radical (unpaired) electrons. The van der Waals surface area contributed by atoms with E-state index in [0.29, 0.717) is 17.8 Å². The van der Waals surface area contributed by atoms with E-state index in [2.05, 4.69) is 29.3 Å². The molecule has 0 aliphatic carbocycles. The van der Waals surface area contributed by atoms with Crippen molar-refractivity contribution >= 4 is 16.6 Å². The first-order valence-electron chi connectivity index (χ1n) is 8.43. The molecule has 0 fully saturated rings. The Balaban J connectivity index is 2.11. The van der Waals surface area contributed by atoms with Crippen LogP contribution in [0.2, 0.25) is 0 Å². The van der Waals surface area contributed by atoms with E-state index in [0.717, 1.165) is 33.7 Å². The summed E-state index contributed by atoms with van der Waals surface area (Å²) in [6.45, 7) is 4.50. The van der Waals surface area contributed by atoms with E-state index in [1.165, 1.54) is 11.6 Å². The largest absolute Gasteiger partial charge is 0.495 e. The lowest BCUT2D eigenvalue weighted by Crippen LogP contribution is -2.06. The first kappa shape index (κ1) is 16.4. The van der Waals surface area contributed by atoms with Crippen LogP contribution >= 0.6 is 0 Å². The third-order valence-corrected chi connectivity index (χ3v) is 4.91. The number of aryl methyl sites for hydroxylation is 2. The number of nitrogens with zero attached hydrogens (tertiary/aromatic N) is 2. The fourth-order valence-corrected chi connectivity index (χ4v) is 3.46. The molecule has 1 aromatic carbocycles. The van der Waals surface area contributed by atoms with Crippen molar-refractivity contribution in [2.45, 2.75) is 20.4 Å². The third kappa shape index (κ3) is 2.30. The predicted molar refractivity (Wildman–Crippen MR) is 103 cm³/mol. The minimum Gasteiger partial charge on any atom is -0.495 e. The highest BCUT2D eigenvalue weighted by molar-refractivity contribution is 5.97. The Morgan fingerprint density at radius 1 is 1.15 bits per heavy atom. The summed E-state index contributed by atoms with van der Waals surface area (Å²) in [6, 6.07) is 11.2. The fraction of sp³-hybridized carbons (Fsp3) is 0.200. The van der Waals surface area contributed by atoms with Crippen molar-refractivity contribution in [3.05, 3.63) is 63.7 Å². The number of rotatable bonds is 3. The standard InChI is InChI=1S/C20H20N4O2/c1-11-4-8-17-22-19(15(10-21)24(17)12(11)2)13-5-7-16(26-3)20-14(13)6-9-18(25)23-20/h4-9H,10,21H2,1-3H3,(H,23,25). The molecule has 0 bridgehead atoms.